The molecule has 0 aliphatic rings. The Kier molecular flexibility index (Phi) is 4.87. The molecule has 2 aromatic carbocycles. The number of benzene rings is 2. The molecule has 0 amide bonds. The Bertz CT molecular complexity index is 529. The largest absolute Gasteiger partial charge is 0.310 e. The molecule has 0 spiro atoms. The third kappa shape index (κ3) is 3.73. The molecule has 0 saturated heterocycles. The molecule has 19 heavy (non-hydrogen) atoms. The van der Waals surface area contributed by atoms with Crippen molar-refractivity contribution in [3.05, 3.63) is 58.1 Å². The van der Waals surface area contributed by atoms with E-state index in [1.165, 1.54) is 5.56 Å². The maximum absolute atomic E-state index is 6.03. The Labute approximate surface area is 124 Å². The molecule has 2 aromatic rings. The number of hydrogen-bond donors (Lipinski definition) is 1. The van der Waals surface area contributed by atoms with Crippen molar-refractivity contribution in [2.45, 2.75) is 19.9 Å². The van der Waals surface area contributed by atoms with E-state index >= 15 is 0 Å². The summed E-state index contributed by atoms with van der Waals surface area (Å²) in [5, 5.41) is 4.72. The monoisotopic (exact) mass is 293 g/mol. The molecule has 0 aromatic heterocycles. The highest BCUT2D eigenvalue weighted by Crippen LogP contribution is 2.28. The van der Waals surface area contributed by atoms with Gasteiger partial charge < -0.3 is 5.32 Å². The van der Waals surface area contributed by atoms with Gasteiger partial charge in [0.15, 0.2) is 0 Å². The number of hydrogen-bond acceptors (Lipinski definition) is 1. The van der Waals surface area contributed by atoms with Crippen LogP contribution in [-0.2, 0) is 0 Å². The van der Waals surface area contributed by atoms with Crippen LogP contribution in [0.2, 0.25) is 10.0 Å². The quantitative estimate of drug-likeness (QED) is 0.803. The van der Waals surface area contributed by atoms with Crippen molar-refractivity contribution in [1.82, 2.24) is 5.32 Å². The number of rotatable bonds is 4. The molecular formula is C16H17Cl2N. The molecule has 100 valence electrons. The summed E-state index contributed by atoms with van der Waals surface area (Å²) in [6.07, 6.45) is 0. The van der Waals surface area contributed by atoms with Gasteiger partial charge in [-0.25, -0.2) is 0 Å². The van der Waals surface area contributed by atoms with Gasteiger partial charge in [0.2, 0.25) is 0 Å². The van der Waals surface area contributed by atoms with Gasteiger partial charge in [-0.1, -0.05) is 54.4 Å². The zero-order valence-corrected chi connectivity index (χ0v) is 12.6. The Hall–Kier alpha value is -1.02. The summed E-state index contributed by atoms with van der Waals surface area (Å²) in [5.74, 6) is 0. The second kappa shape index (κ2) is 6.42. The summed E-state index contributed by atoms with van der Waals surface area (Å²) in [6.45, 7) is 5.24. The fourth-order valence-electron chi connectivity index (χ4n) is 2.11. The van der Waals surface area contributed by atoms with Gasteiger partial charge in [-0.3, -0.25) is 0 Å². The first kappa shape index (κ1) is 14.4. The van der Waals surface area contributed by atoms with Gasteiger partial charge in [0.05, 0.1) is 0 Å². The zero-order chi connectivity index (χ0) is 13.8. The van der Waals surface area contributed by atoms with E-state index in [1.807, 2.05) is 12.1 Å². The lowest BCUT2D eigenvalue weighted by Gasteiger charge is -2.13. The van der Waals surface area contributed by atoms with Crippen LogP contribution in [0.1, 0.15) is 25.5 Å². The minimum atomic E-state index is 0.363. The van der Waals surface area contributed by atoms with Crippen LogP contribution in [0.25, 0.3) is 11.1 Å². The average molecular weight is 294 g/mol. The SMILES string of the molecule is CCNC(C)c1ccc(-c2cc(Cl)cc(Cl)c2)cc1. The van der Waals surface area contributed by atoms with E-state index < -0.39 is 0 Å². The molecular weight excluding hydrogens is 277 g/mol. The minimum Gasteiger partial charge on any atom is -0.310 e. The molecule has 1 atom stereocenters. The lowest BCUT2D eigenvalue weighted by atomic mass is 10.0. The molecule has 0 bridgehead atoms. The smallest absolute Gasteiger partial charge is 0.0426 e. The highest BCUT2D eigenvalue weighted by atomic mass is 35.5. The predicted octanol–water partition coefficient (Wildman–Crippen LogP) is 5.33. The molecule has 0 saturated carbocycles. The maximum atomic E-state index is 6.03. The average Bonchev–Trinajstić information content (AvgIpc) is 2.38. The van der Waals surface area contributed by atoms with Crippen molar-refractivity contribution in [2.24, 2.45) is 0 Å². The predicted molar refractivity (Wildman–Crippen MR) is 84.0 cm³/mol. The molecule has 1 unspecified atom stereocenters. The first-order chi connectivity index (χ1) is 9.10. The summed E-state index contributed by atoms with van der Waals surface area (Å²) < 4.78 is 0. The van der Waals surface area contributed by atoms with Gasteiger partial charge in [-0.05, 0) is 48.4 Å². The number of nitrogens with one attached hydrogen (secondary N) is 1. The topological polar surface area (TPSA) is 12.0 Å². The summed E-state index contributed by atoms with van der Waals surface area (Å²) in [6, 6.07) is 14.4. The van der Waals surface area contributed by atoms with Gasteiger partial charge in [-0.15, -0.1) is 0 Å². The minimum absolute atomic E-state index is 0.363. The van der Waals surface area contributed by atoms with Crippen molar-refractivity contribution >= 4 is 23.2 Å². The summed E-state index contributed by atoms with van der Waals surface area (Å²) in [5.41, 5.74) is 3.44. The van der Waals surface area contributed by atoms with Gasteiger partial charge in [0.25, 0.3) is 0 Å². The lowest BCUT2D eigenvalue weighted by molar-refractivity contribution is 0.598. The fraction of sp³-hybridized carbons (Fsp3) is 0.250. The van der Waals surface area contributed by atoms with Crippen LogP contribution >= 0.6 is 23.2 Å². The van der Waals surface area contributed by atoms with E-state index in [1.54, 1.807) is 6.07 Å². The summed E-state index contributed by atoms with van der Waals surface area (Å²) in [7, 11) is 0. The third-order valence-corrected chi connectivity index (χ3v) is 3.55. The van der Waals surface area contributed by atoms with Gasteiger partial charge in [-0.2, -0.15) is 0 Å². The molecule has 0 radical (unpaired) electrons. The van der Waals surface area contributed by atoms with Gasteiger partial charge in [0, 0.05) is 16.1 Å². The zero-order valence-electron chi connectivity index (χ0n) is 11.1. The third-order valence-electron chi connectivity index (χ3n) is 3.12. The van der Waals surface area contributed by atoms with Crippen LogP contribution in [0.15, 0.2) is 42.5 Å². The Morgan fingerprint density at radius 2 is 1.53 bits per heavy atom. The lowest BCUT2D eigenvalue weighted by Crippen LogP contribution is -2.17. The van der Waals surface area contributed by atoms with Crippen molar-refractivity contribution in [1.29, 1.82) is 0 Å². The first-order valence-corrected chi connectivity index (χ1v) is 7.15. The van der Waals surface area contributed by atoms with E-state index in [2.05, 4.69) is 43.4 Å². The van der Waals surface area contributed by atoms with Crippen LogP contribution in [0.4, 0.5) is 0 Å². The highest BCUT2D eigenvalue weighted by Gasteiger charge is 2.05. The molecule has 0 fully saturated rings. The Morgan fingerprint density at radius 3 is 2.05 bits per heavy atom. The second-order valence-electron chi connectivity index (χ2n) is 4.56. The Morgan fingerprint density at radius 1 is 0.947 bits per heavy atom. The molecule has 3 heteroatoms. The van der Waals surface area contributed by atoms with E-state index in [-0.39, 0.29) is 0 Å². The van der Waals surface area contributed by atoms with Gasteiger partial charge in [0.1, 0.15) is 0 Å². The van der Waals surface area contributed by atoms with Crippen molar-refractivity contribution in [3.8, 4) is 11.1 Å². The fourth-order valence-corrected chi connectivity index (χ4v) is 2.63. The van der Waals surface area contributed by atoms with E-state index in [0.717, 1.165) is 17.7 Å². The normalized spacial score (nSPS) is 12.4. The second-order valence-corrected chi connectivity index (χ2v) is 5.43. The molecule has 2 rings (SSSR count). The van der Waals surface area contributed by atoms with Crippen LogP contribution in [0.3, 0.4) is 0 Å². The molecule has 0 aliphatic heterocycles. The van der Waals surface area contributed by atoms with E-state index in [4.69, 9.17) is 23.2 Å². The summed E-state index contributed by atoms with van der Waals surface area (Å²) in [4.78, 5) is 0. The first-order valence-electron chi connectivity index (χ1n) is 6.40. The van der Waals surface area contributed by atoms with Crippen LogP contribution in [-0.4, -0.2) is 6.54 Å². The van der Waals surface area contributed by atoms with Crippen LogP contribution in [0.5, 0.6) is 0 Å². The van der Waals surface area contributed by atoms with Crippen molar-refractivity contribution < 1.29 is 0 Å². The molecule has 0 heterocycles. The van der Waals surface area contributed by atoms with E-state index in [0.29, 0.717) is 16.1 Å². The maximum Gasteiger partial charge on any atom is 0.0426 e. The molecule has 1 N–H and O–H groups in total. The standard InChI is InChI=1S/C16H17Cl2N/c1-3-19-11(2)12-4-6-13(7-5-12)14-8-15(17)10-16(18)9-14/h4-11,19H,3H2,1-2H3. The van der Waals surface area contributed by atoms with Crippen LogP contribution in [0, 0.1) is 0 Å². The Balaban J connectivity index is 2.27. The van der Waals surface area contributed by atoms with Crippen LogP contribution < -0.4 is 5.32 Å². The number of halogens is 2. The summed E-state index contributed by atoms with van der Waals surface area (Å²) >= 11 is 12.1. The highest BCUT2D eigenvalue weighted by molar-refractivity contribution is 6.35. The van der Waals surface area contributed by atoms with E-state index in [9.17, 15) is 0 Å². The molecule has 1 nitrogen and oxygen atoms in total. The van der Waals surface area contributed by atoms with Crippen molar-refractivity contribution in [3.63, 3.8) is 0 Å². The van der Waals surface area contributed by atoms with Crippen molar-refractivity contribution in [2.75, 3.05) is 6.54 Å². The van der Waals surface area contributed by atoms with Gasteiger partial charge >= 0.3 is 0 Å². The molecule has 0 aliphatic carbocycles.